The van der Waals surface area contributed by atoms with Crippen LogP contribution in [0, 0.1) is 0 Å². The number of nitrogens with zero attached hydrogens (tertiary/aromatic N) is 2. The molecule has 2 amide bonds. The number of furan rings is 1. The summed E-state index contributed by atoms with van der Waals surface area (Å²) in [6.45, 7) is 1.53. The molecule has 9 heteroatoms. The van der Waals surface area contributed by atoms with Crippen LogP contribution in [0.15, 0.2) is 47.1 Å². The largest absolute Gasteiger partial charge is 0.497 e. The van der Waals surface area contributed by atoms with Gasteiger partial charge in [0.2, 0.25) is 0 Å². The Balaban J connectivity index is 1.34. The molecule has 2 N–H and O–H groups in total. The molecule has 1 aromatic carbocycles. The van der Waals surface area contributed by atoms with Crippen molar-refractivity contribution in [3.05, 3.63) is 65.4 Å². The van der Waals surface area contributed by atoms with Crippen LogP contribution in [-0.2, 0) is 6.54 Å². The molecule has 3 aromatic rings. The summed E-state index contributed by atoms with van der Waals surface area (Å²) < 4.78 is 15.8. The summed E-state index contributed by atoms with van der Waals surface area (Å²) in [4.78, 5) is 27.2. The van der Waals surface area contributed by atoms with Gasteiger partial charge >= 0.3 is 0 Å². The number of piperidine rings is 1. The minimum absolute atomic E-state index is 0.0643. The molecule has 3 heterocycles. The molecule has 0 bridgehead atoms. The third-order valence-electron chi connectivity index (χ3n) is 5.69. The number of hydrogen-bond acceptors (Lipinski definition) is 6. The number of aromatic nitrogens is 2. The Morgan fingerprint density at radius 1 is 1.19 bits per heavy atom. The maximum absolute atomic E-state index is 13.0. The van der Waals surface area contributed by atoms with Gasteiger partial charge in [0, 0.05) is 30.8 Å². The van der Waals surface area contributed by atoms with Gasteiger partial charge in [0.05, 0.1) is 32.6 Å². The van der Waals surface area contributed by atoms with E-state index in [2.05, 4.69) is 15.5 Å². The monoisotopic (exact) mass is 438 g/mol. The molecule has 0 saturated carbocycles. The van der Waals surface area contributed by atoms with Gasteiger partial charge in [0.25, 0.3) is 11.8 Å². The predicted octanol–water partition coefficient (Wildman–Crippen LogP) is 2.97. The van der Waals surface area contributed by atoms with Crippen LogP contribution in [0.25, 0.3) is 0 Å². The van der Waals surface area contributed by atoms with E-state index in [-0.39, 0.29) is 17.7 Å². The van der Waals surface area contributed by atoms with Crippen molar-refractivity contribution in [2.75, 3.05) is 27.3 Å². The average Bonchev–Trinajstić information content (AvgIpc) is 3.54. The SMILES string of the molecule is COc1ccc(C(=O)N2CCC(c3cc(C(=O)NCc4ccco4)n[nH]3)CC2)c(OC)c1. The van der Waals surface area contributed by atoms with E-state index in [4.69, 9.17) is 13.9 Å². The van der Waals surface area contributed by atoms with Gasteiger partial charge in [0.1, 0.15) is 23.0 Å². The number of likely N-dealkylation sites (tertiary alicyclic amines) is 1. The number of ether oxygens (including phenoxy) is 2. The van der Waals surface area contributed by atoms with E-state index in [1.807, 2.05) is 4.90 Å². The second kappa shape index (κ2) is 9.59. The summed E-state index contributed by atoms with van der Waals surface area (Å²) in [6, 6.07) is 10.6. The molecular formula is C23H26N4O5. The smallest absolute Gasteiger partial charge is 0.272 e. The maximum atomic E-state index is 13.0. The Morgan fingerprint density at radius 2 is 2.00 bits per heavy atom. The molecule has 0 unspecified atom stereocenters. The van der Waals surface area contributed by atoms with Gasteiger partial charge in [0.15, 0.2) is 0 Å². The molecule has 0 radical (unpaired) electrons. The minimum Gasteiger partial charge on any atom is -0.497 e. The molecule has 1 fully saturated rings. The van der Waals surface area contributed by atoms with Crippen LogP contribution in [0.5, 0.6) is 11.5 Å². The van der Waals surface area contributed by atoms with Gasteiger partial charge in [-0.3, -0.25) is 14.7 Å². The van der Waals surface area contributed by atoms with Gasteiger partial charge < -0.3 is 24.1 Å². The molecule has 168 valence electrons. The van der Waals surface area contributed by atoms with Gasteiger partial charge in [-0.25, -0.2) is 0 Å². The molecule has 4 rings (SSSR count). The lowest BCUT2D eigenvalue weighted by Crippen LogP contribution is -2.38. The Hall–Kier alpha value is -3.75. The highest BCUT2D eigenvalue weighted by Crippen LogP contribution is 2.30. The quantitative estimate of drug-likeness (QED) is 0.587. The Bertz CT molecular complexity index is 1070. The van der Waals surface area contributed by atoms with Crippen molar-refractivity contribution in [1.82, 2.24) is 20.4 Å². The van der Waals surface area contributed by atoms with Crippen molar-refractivity contribution in [1.29, 1.82) is 0 Å². The number of hydrogen-bond donors (Lipinski definition) is 2. The van der Waals surface area contributed by atoms with Gasteiger partial charge in [-0.1, -0.05) is 0 Å². The first kappa shape index (κ1) is 21.5. The van der Waals surface area contributed by atoms with Crippen molar-refractivity contribution in [3.63, 3.8) is 0 Å². The number of H-pyrrole nitrogens is 1. The lowest BCUT2D eigenvalue weighted by Gasteiger charge is -2.31. The topological polar surface area (TPSA) is 110 Å². The zero-order chi connectivity index (χ0) is 22.5. The number of aromatic amines is 1. The van der Waals surface area contributed by atoms with Crippen molar-refractivity contribution in [3.8, 4) is 11.5 Å². The van der Waals surface area contributed by atoms with E-state index in [9.17, 15) is 9.59 Å². The Morgan fingerprint density at radius 3 is 2.69 bits per heavy atom. The highest BCUT2D eigenvalue weighted by molar-refractivity contribution is 5.97. The number of rotatable bonds is 7. The first-order valence-corrected chi connectivity index (χ1v) is 10.5. The molecule has 1 aliphatic heterocycles. The number of benzene rings is 1. The Labute approximate surface area is 185 Å². The highest BCUT2D eigenvalue weighted by atomic mass is 16.5. The van der Waals surface area contributed by atoms with Crippen LogP contribution in [-0.4, -0.2) is 54.2 Å². The fourth-order valence-corrected chi connectivity index (χ4v) is 3.87. The molecule has 0 atom stereocenters. The summed E-state index contributed by atoms with van der Waals surface area (Å²) in [7, 11) is 3.11. The number of nitrogens with one attached hydrogen (secondary N) is 2. The lowest BCUT2D eigenvalue weighted by atomic mass is 9.93. The fraction of sp³-hybridized carbons (Fsp3) is 0.348. The van der Waals surface area contributed by atoms with Crippen molar-refractivity contribution in [2.24, 2.45) is 0 Å². The van der Waals surface area contributed by atoms with E-state index < -0.39 is 0 Å². The standard InChI is InChI=1S/C23H26N4O5/c1-30-16-5-6-18(21(12-16)31-2)23(29)27-9-7-15(8-10-27)19-13-20(26-25-19)22(28)24-14-17-4-3-11-32-17/h3-6,11-13,15H,7-10,14H2,1-2H3,(H,24,28)(H,25,26). The van der Waals surface area contributed by atoms with Crippen molar-refractivity contribution in [2.45, 2.75) is 25.3 Å². The molecule has 2 aromatic heterocycles. The summed E-state index contributed by atoms with van der Waals surface area (Å²) in [5.41, 5.74) is 1.76. The molecule has 0 aliphatic carbocycles. The van der Waals surface area contributed by atoms with Crippen LogP contribution >= 0.6 is 0 Å². The van der Waals surface area contributed by atoms with Crippen LogP contribution < -0.4 is 14.8 Å². The van der Waals surface area contributed by atoms with E-state index >= 15 is 0 Å². The average molecular weight is 438 g/mol. The molecule has 0 spiro atoms. The zero-order valence-electron chi connectivity index (χ0n) is 18.1. The first-order chi connectivity index (χ1) is 15.6. The summed E-state index contributed by atoms with van der Waals surface area (Å²) in [6.07, 6.45) is 3.12. The molecule has 1 saturated heterocycles. The van der Waals surface area contributed by atoms with Gasteiger partial charge in [-0.2, -0.15) is 5.10 Å². The van der Waals surface area contributed by atoms with Crippen LogP contribution in [0.1, 0.15) is 51.1 Å². The minimum atomic E-state index is -0.261. The number of carbonyl (C=O) groups excluding carboxylic acids is 2. The fourth-order valence-electron chi connectivity index (χ4n) is 3.87. The molecule has 9 nitrogen and oxygen atoms in total. The third kappa shape index (κ3) is 4.61. The van der Waals surface area contributed by atoms with E-state index in [0.717, 1.165) is 18.5 Å². The lowest BCUT2D eigenvalue weighted by molar-refractivity contribution is 0.0708. The van der Waals surface area contributed by atoms with E-state index in [1.165, 1.54) is 0 Å². The first-order valence-electron chi connectivity index (χ1n) is 10.5. The highest BCUT2D eigenvalue weighted by Gasteiger charge is 2.28. The van der Waals surface area contributed by atoms with E-state index in [0.29, 0.717) is 48.2 Å². The predicted molar refractivity (Wildman–Crippen MR) is 116 cm³/mol. The maximum Gasteiger partial charge on any atom is 0.272 e. The number of amides is 2. The normalized spacial score (nSPS) is 14.2. The van der Waals surface area contributed by atoms with Gasteiger partial charge in [-0.15, -0.1) is 0 Å². The second-order valence-corrected chi connectivity index (χ2v) is 7.60. The van der Waals surface area contributed by atoms with Crippen molar-refractivity contribution < 1.29 is 23.5 Å². The number of methoxy groups -OCH3 is 2. The van der Waals surface area contributed by atoms with Crippen LogP contribution in [0.4, 0.5) is 0 Å². The van der Waals surface area contributed by atoms with Crippen molar-refractivity contribution >= 4 is 11.8 Å². The third-order valence-corrected chi connectivity index (χ3v) is 5.69. The summed E-state index contributed by atoms with van der Waals surface area (Å²) in [5, 5.41) is 9.93. The summed E-state index contributed by atoms with van der Waals surface area (Å²) in [5.74, 6) is 1.69. The number of carbonyl (C=O) groups is 2. The zero-order valence-corrected chi connectivity index (χ0v) is 18.1. The van der Waals surface area contributed by atoms with Crippen LogP contribution in [0.3, 0.4) is 0 Å². The Kier molecular flexibility index (Phi) is 6.44. The molecule has 32 heavy (non-hydrogen) atoms. The summed E-state index contributed by atoms with van der Waals surface area (Å²) >= 11 is 0. The van der Waals surface area contributed by atoms with E-state index in [1.54, 1.807) is 56.9 Å². The molecule has 1 aliphatic rings. The van der Waals surface area contributed by atoms with Crippen LogP contribution in [0.2, 0.25) is 0 Å². The molecular weight excluding hydrogens is 412 g/mol. The van der Waals surface area contributed by atoms with Gasteiger partial charge in [-0.05, 0) is 43.2 Å². The second-order valence-electron chi connectivity index (χ2n) is 7.60.